The number of aliphatic hydroxyl groups is 2. The van der Waals surface area contributed by atoms with Gasteiger partial charge in [0.1, 0.15) is 24.4 Å². The molecule has 6 heterocycles. The lowest BCUT2D eigenvalue weighted by atomic mass is 9.55. The summed E-state index contributed by atoms with van der Waals surface area (Å²) in [5, 5.41) is 22.1. The molecule has 0 aromatic heterocycles. The summed E-state index contributed by atoms with van der Waals surface area (Å²) in [5.41, 5.74) is 1.95. The van der Waals surface area contributed by atoms with Gasteiger partial charge in [-0.1, -0.05) is 18.6 Å². The average molecular weight is 809 g/mol. The molecule has 57 heavy (non-hydrogen) atoms. The third-order valence-corrected chi connectivity index (χ3v) is 14.5. The summed E-state index contributed by atoms with van der Waals surface area (Å²) < 4.78 is 73.7. The first-order chi connectivity index (χ1) is 27.2. The smallest absolute Gasteiger partial charge is 0.309 e. The molecule has 322 valence electrons. The van der Waals surface area contributed by atoms with Gasteiger partial charge in [-0.15, -0.1) is 0 Å². The summed E-state index contributed by atoms with van der Waals surface area (Å²) in [4.78, 5) is 13.7. The Morgan fingerprint density at radius 3 is 2.02 bits per heavy atom. The van der Waals surface area contributed by atoms with E-state index in [0.29, 0.717) is 45.1 Å². The number of hydrogen-bond acceptors (Lipinski definition) is 15. The van der Waals surface area contributed by atoms with E-state index in [4.69, 9.17) is 56.8 Å². The molecule has 8 rings (SSSR count). The van der Waals surface area contributed by atoms with Gasteiger partial charge < -0.3 is 67.1 Å². The number of carbonyl (C=O) groups excluding carboxylic acids is 1. The lowest BCUT2D eigenvalue weighted by molar-refractivity contribution is -0.339. The Hall–Kier alpha value is -1.73. The number of hydrogen-bond donors (Lipinski definition) is 2. The SMILES string of the molecule is CO[C@@H]1C[C@H](O[C@H]2[C@H](C)O[C@H](O[C@@H]3[C@@H](C)O[C@@H](O[C@@H]4CC5=CC[C@@H]6C(=O)O[C@@H]7CO[C@]8(C)OC=C(CC[C@@H]6[C@@]5(C)C[C@H]4O)[C@H]78)C[C@H]3OC)C[C@H]2OC)O[C@@H](C)[C@@H]1O. The first kappa shape index (κ1) is 42.0. The van der Waals surface area contributed by atoms with Gasteiger partial charge in [-0.2, -0.15) is 0 Å². The number of fused-ring (bicyclic) bond motifs is 3. The summed E-state index contributed by atoms with van der Waals surface area (Å²) in [7, 11) is 4.86. The van der Waals surface area contributed by atoms with Gasteiger partial charge in [0.25, 0.3) is 0 Å². The van der Waals surface area contributed by atoms with E-state index < -0.39 is 85.0 Å². The third-order valence-electron chi connectivity index (χ3n) is 14.5. The molecule has 2 aliphatic carbocycles. The second kappa shape index (κ2) is 16.6. The largest absolute Gasteiger partial charge is 0.469 e. The van der Waals surface area contributed by atoms with E-state index in [9.17, 15) is 15.0 Å². The van der Waals surface area contributed by atoms with Crippen molar-refractivity contribution in [2.45, 2.75) is 184 Å². The van der Waals surface area contributed by atoms with Crippen LogP contribution in [0.25, 0.3) is 0 Å². The third kappa shape index (κ3) is 7.87. The Kier molecular flexibility index (Phi) is 12.2. The molecular formula is C42H64O15. The van der Waals surface area contributed by atoms with Crippen LogP contribution in [0.1, 0.15) is 86.0 Å². The van der Waals surface area contributed by atoms with Crippen molar-refractivity contribution in [2.75, 3.05) is 27.9 Å². The van der Waals surface area contributed by atoms with Crippen molar-refractivity contribution < 1.29 is 71.8 Å². The van der Waals surface area contributed by atoms with Gasteiger partial charge in [0, 0.05) is 47.5 Å². The predicted octanol–water partition coefficient (Wildman–Crippen LogP) is 3.66. The molecule has 0 aromatic rings. The van der Waals surface area contributed by atoms with Gasteiger partial charge >= 0.3 is 5.97 Å². The lowest BCUT2D eigenvalue weighted by Gasteiger charge is -2.52. The Bertz CT molecular complexity index is 1510. The molecule has 15 heteroatoms. The Morgan fingerprint density at radius 1 is 0.789 bits per heavy atom. The lowest BCUT2D eigenvalue weighted by Crippen LogP contribution is -2.57. The minimum Gasteiger partial charge on any atom is -0.469 e. The zero-order valence-corrected chi connectivity index (χ0v) is 34.6. The molecule has 1 saturated carbocycles. The average Bonchev–Trinajstić information content (AvgIpc) is 3.69. The monoisotopic (exact) mass is 808 g/mol. The van der Waals surface area contributed by atoms with E-state index in [1.165, 1.54) is 5.57 Å². The van der Waals surface area contributed by atoms with E-state index in [1.54, 1.807) is 28.3 Å². The zero-order chi connectivity index (χ0) is 40.4. The normalized spacial score (nSPS) is 51.2. The summed E-state index contributed by atoms with van der Waals surface area (Å²) in [6.07, 6.45) is 0.929. The highest BCUT2D eigenvalue weighted by Crippen LogP contribution is 2.57. The standard InChI is InChI=1S/C42H64O15/c1-20-37(44)29(46-6)14-34(51-20)56-39-22(3)53-35(16-31(39)48-8)57-38-21(2)52-33(15-30(38)47-7)54-28-13-24-10-11-25-26(41(24,4)17-27(28)43)12-9-23-18-49-42(5)36(23)32(19-50-42)55-40(25)45/h10,18,20-22,25-39,43-44H,9,11-17,19H2,1-8H3/t20-,21+,22-,25-,26-,27+,28+,29+,30+,31+,32+,33-,34-,35+,36+,37-,38+,39-,41-,42-/m0/s1. The van der Waals surface area contributed by atoms with E-state index in [1.807, 2.05) is 27.0 Å². The minimum absolute atomic E-state index is 0.000401. The molecule has 0 unspecified atom stereocenters. The highest BCUT2D eigenvalue weighted by molar-refractivity contribution is 5.74. The van der Waals surface area contributed by atoms with Crippen molar-refractivity contribution in [3.05, 3.63) is 23.5 Å². The van der Waals surface area contributed by atoms with Crippen molar-refractivity contribution in [1.82, 2.24) is 0 Å². The van der Waals surface area contributed by atoms with E-state index >= 15 is 0 Å². The topological polar surface area (TPSA) is 168 Å². The maximum Gasteiger partial charge on any atom is 0.309 e. The second-order valence-corrected chi connectivity index (χ2v) is 17.9. The van der Waals surface area contributed by atoms with E-state index in [2.05, 4.69) is 13.0 Å². The van der Waals surface area contributed by atoms with Crippen molar-refractivity contribution in [3.8, 4) is 0 Å². The van der Waals surface area contributed by atoms with Crippen molar-refractivity contribution in [1.29, 1.82) is 0 Å². The maximum absolute atomic E-state index is 13.7. The van der Waals surface area contributed by atoms with Crippen LogP contribution in [-0.2, 0) is 61.6 Å². The van der Waals surface area contributed by atoms with Crippen LogP contribution >= 0.6 is 0 Å². The van der Waals surface area contributed by atoms with Gasteiger partial charge in [0.2, 0.25) is 5.79 Å². The molecular weight excluding hydrogens is 744 g/mol. The molecule has 0 aromatic carbocycles. The van der Waals surface area contributed by atoms with Crippen molar-refractivity contribution in [2.24, 2.45) is 23.2 Å². The van der Waals surface area contributed by atoms with Crippen LogP contribution in [0.4, 0.5) is 0 Å². The van der Waals surface area contributed by atoms with Gasteiger partial charge in [0.05, 0.1) is 73.5 Å². The number of ether oxygens (including phenoxy) is 12. The van der Waals surface area contributed by atoms with Crippen LogP contribution in [0.5, 0.6) is 0 Å². The van der Waals surface area contributed by atoms with Crippen molar-refractivity contribution in [3.63, 3.8) is 0 Å². The number of carbonyl (C=O) groups is 1. The molecule has 8 aliphatic rings. The Labute approximate surface area is 335 Å². The Morgan fingerprint density at radius 2 is 1.39 bits per heavy atom. The van der Waals surface area contributed by atoms with Crippen LogP contribution in [0.3, 0.4) is 0 Å². The van der Waals surface area contributed by atoms with Crippen LogP contribution in [-0.4, -0.2) is 142 Å². The molecule has 0 radical (unpaired) electrons. The zero-order valence-electron chi connectivity index (χ0n) is 34.6. The van der Waals surface area contributed by atoms with Gasteiger partial charge in [-0.05, 0) is 69.8 Å². The van der Waals surface area contributed by atoms with E-state index in [0.717, 1.165) is 18.4 Å². The molecule has 6 aliphatic heterocycles. The van der Waals surface area contributed by atoms with Gasteiger partial charge in [0.15, 0.2) is 18.9 Å². The van der Waals surface area contributed by atoms with E-state index in [-0.39, 0.29) is 42.0 Å². The highest BCUT2D eigenvalue weighted by Gasteiger charge is 2.59. The quantitative estimate of drug-likeness (QED) is 0.256. The number of rotatable bonds is 9. The molecule has 0 spiro atoms. The fourth-order valence-electron chi connectivity index (χ4n) is 11.3. The summed E-state index contributed by atoms with van der Waals surface area (Å²) in [6.45, 7) is 10.1. The summed E-state index contributed by atoms with van der Waals surface area (Å²) >= 11 is 0. The maximum atomic E-state index is 13.7. The molecule has 20 atom stereocenters. The molecule has 6 fully saturated rings. The fourth-order valence-corrected chi connectivity index (χ4v) is 11.3. The van der Waals surface area contributed by atoms with Gasteiger partial charge in [-0.3, -0.25) is 4.79 Å². The molecule has 2 N–H and O–H groups in total. The highest BCUT2D eigenvalue weighted by atomic mass is 16.8. The van der Waals surface area contributed by atoms with Crippen LogP contribution < -0.4 is 0 Å². The molecule has 0 amide bonds. The molecule has 5 saturated heterocycles. The van der Waals surface area contributed by atoms with Gasteiger partial charge in [-0.25, -0.2) is 0 Å². The molecule has 0 bridgehead atoms. The molecule has 15 nitrogen and oxygen atoms in total. The predicted molar refractivity (Wildman–Crippen MR) is 199 cm³/mol. The first-order valence-electron chi connectivity index (χ1n) is 21.0. The second-order valence-electron chi connectivity index (χ2n) is 17.9. The number of aliphatic hydroxyl groups excluding tert-OH is 2. The summed E-state index contributed by atoms with van der Waals surface area (Å²) in [6, 6.07) is 0. The number of methoxy groups -OCH3 is 3. The number of esters is 1. The summed E-state index contributed by atoms with van der Waals surface area (Å²) in [5.74, 6) is -1.37. The van der Waals surface area contributed by atoms with Crippen LogP contribution in [0.2, 0.25) is 0 Å². The van der Waals surface area contributed by atoms with Crippen LogP contribution in [0, 0.1) is 23.2 Å². The fraction of sp³-hybridized carbons (Fsp3) is 0.881. The van der Waals surface area contributed by atoms with Crippen molar-refractivity contribution >= 4 is 5.97 Å². The minimum atomic E-state index is -0.790. The number of allylic oxidation sites excluding steroid dienone is 1. The van der Waals surface area contributed by atoms with Crippen LogP contribution in [0.15, 0.2) is 23.5 Å². The first-order valence-corrected chi connectivity index (χ1v) is 21.0. The Balaban J connectivity index is 0.876.